The highest BCUT2D eigenvalue weighted by atomic mass is 79.9. The summed E-state index contributed by atoms with van der Waals surface area (Å²) in [7, 11) is 3.24. The Labute approximate surface area is 130 Å². The summed E-state index contributed by atoms with van der Waals surface area (Å²) in [6.07, 6.45) is 1.71. The molecule has 0 aliphatic carbocycles. The van der Waals surface area contributed by atoms with E-state index in [2.05, 4.69) is 15.4 Å². The highest BCUT2D eigenvalue weighted by molar-refractivity contribution is 8.93. The minimum Gasteiger partial charge on any atom is -0.493 e. The maximum atomic E-state index is 5.30. The first kappa shape index (κ1) is 14.9. The highest BCUT2D eigenvalue weighted by Crippen LogP contribution is 2.30. The predicted octanol–water partition coefficient (Wildman–Crippen LogP) is 2.23. The lowest BCUT2D eigenvalue weighted by Gasteiger charge is -2.14. The molecular weight excluding hydrogens is 344 g/mol. The fourth-order valence-electron chi connectivity index (χ4n) is 1.83. The van der Waals surface area contributed by atoms with Crippen LogP contribution in [-0.4, -0.2) is 40.8 Å². The molecule has 1 aliphatic heterocycles. The molecule has 20 heavy (non-hydrogen) atoms. The molecule has 106 valence electrons. The Balaban J connectivity index is 0.00000147. The Hall–Kier alpha value is -1.54. The molecule has 0 bridgehead atoms. The molecule has 0 radical (unpaired) electrons. The third kappa shape index (κ3) is 2.66. The van der Waals surface area contributed by atoms with E-state index < -0.39 is 0 Å². The van der Waals surface area contributed by atoms with E-state index in [-0.39, 0.29) is 17.0 Å². The van der Waals surface area contributed by atoms with Crippen LogP contribution in [0.2, 0.25) is 0 Å². The van der Waals surface area contributed by atoms with Crippen LogP contribution in [0.5, 0.6) is 11.5 Å². The van der Waals surface area contributed by atoms with Gasteiger partial charge in [0.2, 0.25) is 0 Å². The van der Waals surface area contributed by atoms with E-state index in [1.165, 1.54) is 0 Å². The molecule has 3 rings (SSSR count). The van der Waals surface area contributed by atoms with Gasteiger partial charge in [0.1, 0.15) is 5.03 Å². The Morgan fingerprint density at radius 1 is 1.20 bits per heavy atom. The van der Waals surface area contributed by atoms with Crippen LogP contribution < -0.4 is 9.47 Å². The van der Waals surface area contributed by atoms with E-state index in [0.29, 0.717) is 11.5 Å². The number of benzene rings is 1. The summed E-state index contributed by atoms with van der Waals surface area (Å²) < 4.78 is 10.5. The van der Waals surface area contributed by atoms with Crippen LogP contribution in [0.15, 0.2) is 34.5 Å². The Kier molecular flexibility index (Phi) is 4.66. The normalized spacial score (nSPS) is 13.0. The molecule has 0 amide bonds. The molecule has 0 N–H and O–H groups in total. The van der Waals surface area contributed by atoms with Crippen molar-refractivity contribution < 1.29 is 9.47 Å². The van der Waals surface area contributed by atoms with E-state index in [4.69, 9.17) is 9.47 Å². The quantitative estimate of drug-likeness (QED) is 0.843. The van der Waals surface area contributed by atoms with Crippen molar-refractivity contribution in [1.82, 2.24) is 15.1 Å². The number of methoxy groups -OCH3 is 2. The van der Waals surface area contributed by atoms with Gasteiger partial charge in [-0.3, -0.25) is 0 Å². The van der Waals surface area contributed by atoms with Crippen LogP contribution in [0, 0.1) is 0 Å². The summed E-state index contributed by atoms with van der Waals surface area (Å²) in [5.74, 6) is 2.18. The van der Waals surface area contributed by atoms with E-state index >= 15 is 0 Å². The van der Waals surface area contributed by atoms with Gasteiger partial charge < -0.3 is 9.47 Å². The second kappa shape index (κ2) is 6.27. The molecule has 0 saturated heterocycles. The summed E-state index contributed by atoms with van der Waals surface area (Å²) in [5, 5.41) is 13.1. The first-order valence-corrected chi connectivity index (χ1v) is 6.64. The molecule has 0 unspecified atom stereocenters. The SMILES string of the molecule is Br.COc1ccc(C2=Nn3nncc3SC2)cc1OC. The molecule has 2 heterocycles. The minimum absolute atomic E-state index is 0. The van der Waals surface area contributed by atoms with E-state index in [0.717, 1.165) is 22.1 Å². The third-order valence-electron chi connectivity index (χ3n) is 2.79. The van der Waals surface area contributed by atoms with Gasteiger partial charge in [-0.15, -0.1) is 26.9 Å². The largest absolute Gasteiger partial charge is 0.493 e. The Morgan fingerprint density at radius 3 is 2.75 bits per heavy atom. The van der Waals surface area contributed by atoms with E-state index in [1.807, 2.05) is 18.2 Å². The van der Waals surface area contributed by atoms with Gasteiger partial charge >= 0.3 is 0 Å². The Morgan fingerprint density at radius 2 is 2.00 bits per heavy atom. The zero-order valence-corrected chi connectivity index (χ0v) is 13.5. The fraction of sp³-hybridized carbons (Fsp3) is 0.250. The standard InChI is InChI=1S/C12H12N4O2S.BrH/c1-17-10-4-3-8(5-11(10)18-2)9-7-19-12-6-13-15-16(12)14-9;/h3-6H,7H2,1-2H3;1H. The molecule has 1 aromatic heterocycles. The molecule has 0 spiro atoms. The van der Waals surface area contributed by atoms with Gasteiger partial charge in [-0.1, -0.05) is 11.8 Å². The van der Waals surface area contributed by atoms with Crippen molar-refractivity contribution in [1.29, 1.82) is 0 Å². The average Bonchev–Trinajstić information content (AvgIpc) is 2.93. The summed E-state index contributed by atoms with van der Waals surface area (Å²) in [6.45, 7) is 0. The summed E-state index contributed by atoms with van der Waals surface area (Å²) >= 11 is 1.66. The number of nitrogens with zero attached hydrogens (tertiary/aromatic N) is 4. The number of rotatable bonds is 3. The van der Waals surface area contributed by atoms with Crippen molar-refractivity contribution >= 4 is 34.5 Å². The molecule has 1 aliphatic rings. The molecule has 0 atom stereocenters. The monoisotopic (exact) mass is 356 g/mol. The number of hydrogen-bond acceptors (Lipinski definition) is 6. The van der Waals surface area contributed by atoms with Crippen molar-refractivity contribution in [3.63, 3.8) is 0 Å². The van der Waals surface area contributed by atoms with Crippen LogP contribution in [0.4, 0.5) is 0 Å². The van der Waals surface area contributed by atoms with Crippen LogP contribution >= 0.6 is 28.7 Å². The van der Waals surface area contributed by atoms with Gasteiger partial charge in [-0.25, -0.2) is 0 Å². The van der Waals surface area contributed by atoms with Gasteiger partial charge in [0.05, 0.1) is 26.1 Å². The van der Waals surface area contributed by atoms with Crippen LogP contribution in [-0.2, 0) is 0 Å². The van der Waals surface area contributed by atoms with Crippen molar-refractivity contribution in [2.24, 2.45) is 5.10 Å². The maximum Gasteiger partial charge on any atom is 0.161 e. The Bertz CT molecular complexity index is 644. The second-order valence-corrected chi connectivity index (χ2v) is 4.86. The van der Waals surface area contributed by atoms with Crippen LogP contribution in [0.25, 0.3) is 0 Å². The van der Waals surface area contributed by atoms with Gasteiger partial charge in [0.25, 0.3) is 0 Å². The third-order valence-corrected chi connectivity index (χ3v) is 3.77. The first-order chi connectivity index (χ1) is 9.31. The average molecular weight is 357 g/mol. The molecule has 0 fully saturated rings. The summed E-state index contributed by atoms with van der Waals surface area (Å²) in [6, 6.07) is 5.75. The van der Waals surface area contributed by atoms with Crippen LogP contribution in [0.1, 0.15) is 5.56 Å². The predicted molar refractivity (Wildman–Crippen MR) is 82.5 cm³/mol. The van der Waals surface area contributed by atoms with Crippen molar-refractivity contribution in [3.8, 4) is 11.5 Å². The number of thioether (sulfide) groups is 1. The number of hydrogen-bond donors (Lipinski definition) is 0. The molecular formula is C12H13BrN4O2S. The zero-order valence-electron chi connectivity index (χ0n) is 10.9. The second-order valence-electron chi connectivity index (χ2n) is 3.87. The fourth-order valence-corrected chi connectivity index (χ4v) is 2.65. The van der Waals surface area contributed by atoms with Gasteiger partial charge in [-0.05, 0) is 23.4 Å². The van der Waals surface area contributed by atoms with E-state index in [1.54, 1.807) is 37.0 Å². The van der Waals surface area contributed by atoms with Crippen molar-refractivity contribution in [2.45, 2.75) is 5.03 Å². The molecule has 0 saturated carbocycles. The van der Waals surface area contributed by atoms with Gasteiger partial charge in [0.15, 0.2) is 11.5 Å². The smallest absolute Gasteiger partial charge is 0.161 e. The van der Waals surface area contributed by atoms with E-state index in [9.17, 15) is 0 Å². The minimum atomic E-state index is 0. The van der Waals surface area contributed by atoms with Crippen molar-refractivity contribution in [2.75, 3.05) is 20.0 Å². The zero-order chi connectivity index (χ0) is 13.2. The highest BCUT2D eigenvalue weighted by Gasteiger charge is 2.16. The lowest BCUT2D eigenvalue weighted by atomic mass is 10.1. The lowest BCUT2D eigenvalue weighted by molar-refractivity contribution is 0.355. The van der Waals surface area contributed by atoms with Crippen LogP contribution in [0.3, 0.4) is 0 Å². The number of fused-ring (bicyclic) bond motifs is 1. The number of halogens is 1. The maximum absolute atomic E-state index is 5.30. The summed E-state index contributed by atoms with van der Waals surface area (Å²) in [4.78, 5) is 1.54. The number of ether oxygens (including phenoxy) is 2. The number of aromatic nitrogens is 3. The van der Waals surface area contributed by atoms with Crippen molar-refractivity contribution in [3.05, 3.63) is 30.0 Å². The lowest BCUT2D eigenvalue weighted by Crippen LogP contribution is -2.13. The molecule has 6 nitrogen and oxygen atoms in total. The van der Waals surface area contributed by atoms with Gasteiger partial charge in [-0.2, -0.15) is 5.10 Å². The molecule has 1 aromatic carbocycles. The molecule has 2 aromatic rings. The first-order valence-electron chi connectivity index (χ1n) is 5.65. The topological polar surface area (TPSA) is 61.5 Å². The van der Waals surface area contributed by atoms with Gasteiger partial charge in [0, 0.05) is 11.3 Å². The molecule has 8 heteroatoms. The summed E-state index contributed by atoms with van der Waals surface area (Å²) in [5.41, 5.74) is 1.93.